The average Bonchev–Trinajstić information content (AvgIpc) is 2.69. The van der Waals surface area contributed by atoms with Crippen molar-refractivity contribution < 1.29 is 4.42 Å². The summed E-state index contributed by atoms with van der Waals surface area (Å²) in [5.41, 5.74) is 2.13. The van der Waals surface area contributed by atoms with Gasteiger partial charge in [-0.15, -0.1) is 0 Å². The van der Waals surface area contributed by atoms with E-state index >= 15 is 0 Å². The summed E-state index contributed by atoms with van der Waals surface area (Å²) in [7, 11) is 0. The number of oxazole rings is 1. The van der Waals surface area contributed by atoms with Gasteiger partial charge >= 0.3 is 0 Å². The van der Waals surface area contributed by atoms with Gasteiger partial charge in [0.05, 0.1) is 6.20 Å². The topological polar surface area (TPSA) is 38.9 Å². The first-order valence-electron chi connectivity index (χ1n) is 4.94. The first-order chi connectivity index (χ1) is 7.07. The Kier molecular flexibility index (Phi) is 2.31. The first-order valence-corrected chi connectivity index (χ1v) is 4.94. The molecule has 0 saturated carbocycles. The molecule has 0 N–H and O–H groups in total. The monoisotopic (exact) mass is 202 g/mol. The van der Waals surface area contributed by atoms with Crippen molar-refractivity contribution >= 4 is 0 Å². The SMILES string of the molecule is CC(C)(C)c1ccnc(-c2ncco2)c1. The van der Waals surface area contributed by atoms with E-state index in [9.17, 15) is 0 Å². The van der Waals surface area contributed by atoms with Gasteiger partial charge in [-0.3, -0.25) is 4.98 Å². The highest BCUT2D eigenvalue weighted by Crippen LogP contribution is 2.24. The Bertz CT molecular complexity index is 441. The summed E-state index contributed by atoms with van der Waals surface area (Å²) in [5.74, 6) is 0.570. The van der Waals surface area contributed by atoms with E-state index in [1.54, 1.807) is 18.7 Å². The maximum absolute atomic E-state index is 5.21. The van der Waals surface area contributed by atoms with Crippen LogP contribution in [0.1, 0.15) is 26.3 Å². The van der Waals surface area contributed by atoms with Crippen LogP contribution in [0.4, 0.5) is 0 Å². The van der Waals surface area contributed by atoms with Crippen LogP contribution in [-0.4, -0.2) is 9.97 Å². The van der Waals surface area contributed by atoms with Crippen molar-refractivity contribution in [2.45, 2.75) is 26.2 Å². The van der Waals surface area contributed by atoms with Gasteiger partial charge in [-0.05, 0) is 23.1 Å². The lowest BCUT2D eigenvalue weighted by Crippen LogP contribution is -2.11. The minimum atomic E-state index is 0.115. The van der Waals surface area contributed by atoms with Crippen molar-refractivity contribution in [3.63, 3.8) is 0 Å². The summed E-state index contributed by atoms with van der Waals surface area (Å²) in [4.78, 5) is 8.32. The molecule has 0 aliphatic heterocycles. The zero-order valence-corrected chi connectivity index (χ0v) is 9.19. The second-order valence-corrected chi connectivity index (χ2v) is 4.52. The van der Waals surface area contributed by atoms with Crippen LogP contribution >= 0.6 is 0 Å². The highest BCUT2D eigenvalue weighted by Gasteiger charge is 2.15. The van der Waals surface area contributed by atoms with Crippen molar-refractivity contribution in [1.29, 1.82) is 0 Å². The molecule has 0 aliphatic carbocycles. The number of aromatic nitrogens is 2. The molecule has 0 amide bonds. The number of hydrogen-bond acceptors (Lipinski definition) is 3. The number of rotatable bonds is 1. The second kappa shape index (κ2) is 3.50. The zero-order chi connectivity index (χ0) is 10.9. The van der Waals surface area contributed by atoms with Gasteiger partial charge < -0.3 is 4.42 Å². The smallest absolute Gasteiger partial charge is 0.244 e. The average molecular weight is 202 g/mol. The van der Waals surface area contributed by atoms with Gasteiger partial charge in [0.1, 0.15) is 12.0 Å². The maximum atomic E-state index is 5.21. The molecule has 0 aromatic carbocycles. The fraction of sp³-hybridized carbons (Fsp3) is 0.333. The highest BCUT2D eigenvalue weighted by molar-refractivity contribution is 5.48. The van der Waals surface area contributed by atoms with Crippen LogP contribution in [0, 0.1) is 0 Å². The molecule has 2 aromatic heterocycles. The number of hydrogen-bond donors (Lipinski definition) is 0. The van der Waals surface area contributed by atoms with E-state index in [-0.39, 0.29) is 5.41 Å². The molecule has 0 unspecified atom stereocenters. The van der Waals surface area contributed by atoms with Crippen LogP contribution < -0.4 is 0 Å². The van der Waals surface area contributed by atoms with Gasteiger partial charge in [-0.1, -0.05) is 20.8 Å². The number of pyridine rings is 1. The minimum Gasteiger partial charge on any atom is -0.443 e. The predicted octanol–water partition coefficient (Wildman–Crippen LogP) is 3.03. The van der Waals surface area contributed by atoms with Crippen LogP contribution in [0.2, 0.25) is 0 Å². The molecule has 0 aliphatic rings. The van der Waals surface area contributed by atoms with E-state index in [4.69, 9.17) is 4.42 Å². The van der Waals surface area contributed by atoms with Crippen molar-refractivity contribution in [2.24, 2.45) is 0 Å². The van der Waals surface area contributed by atoms with Crippen LogP contribution in [0.3, 0.4) is 0 Å². The van der Waals surface area contributed by atoms with E-state index < -0.39 is 0 Å². The summed E-state index contributed by atoms with van der Waals surface area (Å²) in [5, 5.41) is 0. The highest BCUT2D eigenvalue weighted by atomic mass is 16.3. The van der Waals surface area contributed by atoms with Crippen LogP contribution in [-0.2, 0) is 5.41 Å². The molecule has 0 saturated heterocycles. The van der Waals surface area contributed by atoms with E-state index in [0.717, 1.165) is 5.69 Å². The van der Waals surface area contributed by atoms with Crippen molar-refractivity contribution in [3.05, 3.63) is 36.4 Å². The van der Waals surface area contributed by atoms with Gasteiger partial charge in [-0.2, -0.15) is 0 Å². The molecule has 0 bridgehead atoms. The Morgan fingerprint density at radius 1 is 1.13 bits per heavy atom. The Balaban J connectivity index is 2.44. The molecular formula is C12H14N2O. The normalized spacial score (nSPS) is 11.7. The predicted molar refractivity (Wildman–Crippen MR) is 58.4 cm³/mol. The third kappa shape index (κ3) is 2.06. The Hall–Kier alpha value is -1.64. The molecular weight excluding hydrogens is 188 g/mol. The Labute approximate surface area is 89.2 Å². The van der Waals surface area contributed by atoms with Crippen LogP contribution in [0.5, 0.6) is 0 Å². The molecule has 15 heavy (non-hydrogen) atoms. The van der Waals surface area contributed by atoms with E-state index in [2.05, 4.69) is 30.7 Å². The van der Waals surface area contributed by atoms with Crippen LogP contribution in [0.25, 0.3) is 11.6 Å². The number of nitrogens with zero attached hydrogens (tertiary/aromatic N) is 2. The van der Waals surface area contributed by atoms with Gasteiger partial charge in [0, 0.05) is 6.20 Å². The second-order valence-electron chi connectivity index (χ2n) is 4.52. The summed E-state index contributed by atoms with van der Waals surface area (Å²) in [6, 6.07) is 4.04. The van der Waals surface area contributed by atoms with Gasteiger partial charge in [0.25, 0.3) is 0 Å². The largest absolute Gasteiger partial charge is 0.443 e. The molecule has 0 fully saturated rings. The standard InChI is InChI=1S/C12H14N2O/c1-12(2,3)9-4-5-13-10(8-9)11-14-6-7-15-11/h4-8H,1-3H3. The molecule has 78 valence electrons. The maximum Gasteiger partial charge on any atom is 0.244 e. The molecule has 0 radical (unpaired) electrons. The minimum absolute atomic E-state index is 0.115. The van der Waals surface area contributed by atoms with E-state index in [1.165, 1.54) is 5.56 Å². The molecule has 2 rings (SSSR count). The first kappa shape index (κ1) is 9.90. The third-order valence-electron chi connectivity index (χ3n) is 2.28. The third-order valence-corrected chi connectivity index (χ3v) is 2.28. The lowest BCUT2D eigenvalue weighted by molar-refractivity contribution is 0.568. The molecule has 3 nitrogen and oxygen atoms in total. The van der Waals surface area contributed by atoms with E-state index in [0.29, 0.717) is 5.89 Å². The summed E-state index contributed by atoms with van der Waals surface area (Å²) in [6.07, 6.45) is 4.97. The lowest BCUT2D eigenvalue weighted by Gasteiger charge is -2.18. The van der Waals surface area contributed by atoms with Crippen molar-refractivity contribution in [3.8, 4) is 11.6 Å². The molecule has 3 heteroatoms. The Morgan fingerprint density at radius 3 is 2.53 bits per heavy atom. The zero-order valence-electron chi connectivity index (χ0n) is 9.19. The molecule has 0 spiro atoms. The summed E-state index contributed by atoms with van der Waals surface area (Å²) < 4.78 is 5.21. The quantitative estimate of drug-likeness (QED) is 0.713. The van der Waals surface area contributed by atoms with Gasteiger partial charge in [-0.25, -0.2) is 4.98 Å². The molecule has 2 aromatic rings. The fourth-order valence-corrected chi connectivity index (χ4v) is 1.36. The molecule has 2 heterocycles. The van der Waals surface area contributed by atoms with Gasteiger partial charge in [0.15, 0.2) is 0 Å². The van der Waals surface area contributed by atoms with E-state index in [1.807, 2.05) is 12.1 Å². The van der Waals surface area contributed by atoms with Crippen LogP contribution in [0.15, 0.2) is 35.2 Å². The van der Waals surface area contributed by atoms with Crippen molar-refractivity contribution in [1.82, 2.24) is 9.97 Å². The molecule has 0 atom stereocenters. The van der Waals surface area contributed by atoms with Gasteiger partial charge in [0.2, 0.25) is 5.89 Å². The summed E-state index contributed by atoms with van der Waals surface area (Å²) >= 11 is 0. The fourth-order valence-electron chi connectivity index (χ4n) is 1.36. The summed E-state index contributed by atoms with van der Waals surface area (Å²) in [6.45, 7) is 6.50. The Morgan fingerprint density at radius 2 is 1.93 bits per heavy atom. The van der Waals surface area contributed by atoms with Crippen molar-refractivity contribution in [2.75, 3.05) is 0 Å². The lowest BCUT2D eigenvalue weighted by atomic mass is 9.87.